The van der Waals surface area contributed by atoms with Gasteiger partial charge in [0, 0.05) is 18.6 Å². The van der Waals surface area contributed by atoms with Crippen molar-refractivity contribution in [2.24, 2.45) is 0 Å². The predicted octanol–water partition coefficient (Wildman–Crippen LogP) is 3.76. The Bertz CT molecular complexity index is 1340. The highest BCUT2D eigenvalue weighted by Gasteiger charge is 2.15. The van der Waals surface area contributed by atoms with Crippen molar-refractivity contribution in [2.75, 3.05) is 0 Å². The van der Waals surface area contributed by atoms with Gasteiger partial charge >= 0.3 is 0 Å². The molecule has 5 rings (SSSR count). The van der Waals surface area contributed by atoms with Crippen LogP contribution in [0.1, 0.15) is 11.5 Å². The van der Waals surface area contributed by atoms with E-state index in [0.29, 0.717) is 29.1 Å². The van der Waals surface area contributed by atoms with Crippen LogP contribution < -0.4 is 5.56 Å². The quantitative estimate of drug-likeness (QED) is 0.516. The zero-order valence-corrected chi connectivity index (χ0v) is 15.5. The summed E-state index contributed by atoms with van der Waals surface area (Å²) in [6, 6.07) is 21.7. The molecule has 0 saturated heterocycles. The topological polar surface area (TPSA) is 76.5 Å². The van der Waals surface area contributed by atoms with E-state index in [0.717, 1.165) is 16.8 Å². The summed E-state index contributed by atoms with van der Waals surface area (Å²) in [5.74, 6) is 0.697. The van der Waals surface area contributed by atoms with Crippen molar-refractivity contribution in [1.82, 2.24) is 24.5 Å². The molecule has 0 spiro atoms. The molecule has 140 valence electrons. The largest absolute Gasteiger partial charge is 0.348 e. The lowest BCUT2D eigenvalue weighted by molar-refractivity contribution is 0.899. The van der Waals surface area contributed by atoms with Crippen molar-refractivity contribution in [2.45, 2.75) is 6.42 Å². The van der Waals surface area contributed by atoms with Crippen LogP contribution in [0.3, 0.4) is 0 Å². The molecular weight excluding hydrogens is 362 g/mol. The van der Waals surface area contributed by atoms with E-state index in [4.69, 9.17) is 0 Å². The van der Waals surface area contributed by atoms with Gasteiger partial charge in [-0.3, -0.25) is 9.36 Å². The van der Waals surface area contributed by atoms with Crippen molar-refractivity contribution in [3.63, 3.8) is 0 Å². The van der Waals surface area contributed by atoms with Gasteiger partial charge in [-0.25, -0.2) is 15.0 Å². The Kier molecular flexibility index (Phi) is 4.22. The first-order valence-electron chi connectivity index (χ1n) is 9.30. The van der Waals surface area contributed by atoms with Crippen molar-refractivity contribution >= 4 is 11.2 Å². The lowest BCUT2D eigenvalue weighted by Gasteiger charge is -2.12. The second-order valence-electron chi connectivity index (χ2n) is 6.67. The minimum Gasteiger partial charge on any atom is -0.348 e. The molecule has 0 aliphatic rings. The molecule has 0 atom stereocenters. The van der Waals surface area contributed by atoms with E-state index in [1.165, 1.54) is 0 Å². The van der Waals surface area contributed by atoms with Gasteiger partial charge in [-0.1, -0.05) is 42.5 Å². The minimum absolute atomic E-state index is 0.196. The number of nitrogens with zero attached hydrogens (tertiary/aromatic N) is 4. The fourth-order valence-electron chi connectivity index (χ4n) is 3.43. The molecule has 0 amide bonds. The molecule has 0 fully saturated rings. The van der Waals surface area contributed by atoms with E-state index in [1.54, 1.807) is 23.2 Å². The first-order valence-corrected chi connectivity index (χ1v) is 9.30. The Labute approximate surface area is 166 Å². The van der Waals surface area contributed by atoms with Crippen LogP contribution in [0, 0.1) is 0 Å². The highest BCUT2D eigenvalue weighted by Crippen LogP contribution is 2.23. The predicted molar refractivity (Wildman–Crippen MR) is 112 cm³/mol. The maximum atomic E-state index is 13.4. The summed E-state index contributed by atoms with van der Waals surface area (Å²) >= 11 is 0. The lowest BCUT2D eigenvalue weighted by atomic mass is 10.1. The SMILES string of the molecule is O=c1c(Cc2ncc[nH]2)nc2cccnc2n1-c1cccc(-c2ccccc2)c1. The number of imidazole rings is 1. The third kappa shape index (κ3) is 3.21. The Morgan fingerprint density at radius 2 is 1.72 bits per heavy atom. The average molecular weight is 379 g/mol. The van der Waals surface area contributed by atoms with E-state index in [9.17, 15) is 4.79 Å². The monoisotopic (exact) mass is 379 g/mol. The Hall–Kier alpha value is -4.06. The fourth-order valence-corrected chi connectivity index (χ4v) is 3.43. The molecule has 0 aliphatic carbocycles. The van der Waals surface area contributed by atoms with E-state index in [2.05, 4.69) is 19.9 Å². The van der Waals surface area contributed by atoms with Gasteiger partial charge in [-0.15, -0.1) is 0 Å². The van der Waals surface area contributed by atoms with E-state index in [1.807, 2.05) is 66.7 Å². The number of pyridine rings is 1. The van der Waals surface area contributed by atoms with Crippen LogP contribution in [0.4, 0.5) is 0 Å². The molecule has 6 heteroatoms. The zero-order valence-electron chi connectivity index (χ0n) is 15.5. The summed E-state index contributed by atoms with van der Waals surface area (Å²) in [6.45, 7) is 0. The minimum atomic E-state index is -0.196. The lowest BCUT2D eigenvalue weighted by Crippen LogP contribution is -2.25. The molecule has 3 aromatic heterocycles. The Morgan fingerprint density at radius 3 is 2.55 bits per heavy atom. The van der Waals surface area contributed by atoms with Gasteiger partial charge in [0.05, 0.1) is 12.1 Å². The van der Waals surface area contributed by atoms with E-state index in [-0.39, 0.29) is 5.56 Å². The number of aromatic amines is 1. The fraction of sp³-hybridized carbons (Fsp3) is 0.0435. The van der Waals surface area contributed by atoms with Crippen molar-refractivity contribution in [1.29, 1.82) is 0 Å². The summed E-state index contributed by atoms with van der Waals surface area (Å²) in [5.41, 5.74) is 4.30. The summed E-state index contributed by atoms with van der Waals surface area (Å²) < 4.78 is 1.63. The maximum Gasteiger partial charge on any atom is 0.278 e. The highest BCUT2D eigenvalue weighted by molar-refractivity contribution is 5.73. The van der Waals surface area contributed by atoms with E-state index >= 15 is 0 Å². The number of hydrogen-bond acceptors (Lipinski definition) is 4. The molecule has 0 aliphatic heterocycles. The summed E-state index contributed by atoms with van der Waals surface area (Å²) in [6.07, 6.45) is 5.40. The standard InChI is InChI=1S/C23H17N5O/c29-23-20(15-21-24-12-13-25-21)27-19-10-5-11-26-22(19)28(23)18-9-4-8-17(14-18)16-6-2-1-3-7-16/h1-14H,15H2,(H,24,25). The maximum absolute atomic E-state index is 13.4. The summed E-state index contributed by atoms with van der Waals surface area (Å²) in [4.78, 5) is 29.6. The summed E-state index contributed by atoms with van der Waals surface area (Å²) in [7, 11) is 0. The molecule has 0 saturated carbocycles. The third-order valence-corrected chi connectivity index (χ3v) is 4.78. The first-order chi connectivity index (χ1) is 14.3. The molecule has 0 bridgehead atoms. The van der Waals surface area contributed by atoms with Gasteiger partial charge in [-0.05, 0) is 35.4 Å². The van der Waals surface area contributed by atoms with E-state index < -0.39 is 0 Å². The van der Waals surface area contributed by atoms with Gasteiger partial charge in [0.15, 0.2) is 5.65 Å². The average Bonchev–Trinajstić information content (AvgIpc) is 3.28. The van der Waals surface area contributed by atoms with Crippen LogP contribution in [-0.2, 0) is 6.42 Å². The number of hydrogen-bond donors (Lipinski definition) is 1. The van der Waals surface area contributed by atoms with Crippen LogP contribution in [0.15, 0.2) is 90.1 Å². The molecule has 0 unspecified atom stereocenters. The Balaban J connectivity index is 1.72. The van der Waals surface area contributed by atoms with Crippen LogP contribution >= 0.6 is 0 Å². The number of benzene rings is 2. The number of rotatable bonds is 4. The normalized spacial score (nSPS) is 11.0. The van der Waals surface area contributed by atoms with Gasteiger partial charge in [0.2, 0.25) is 0 Å². The van der Waals surface area contributed by atoms with Gasteiger partial charge in [-0.2, -0.15) is 0 Å². The molecule has 3 heterocycles. The van der Waals surface area contributed by atoms with Crippen LogP contribution in [0.25, 0.3) is 28.0 Å². The first kappa shape index (κ1) is 17.1. The number of fused-ring (bicyclic) bond motifs is 1. The van der Waals surface area contributed by atoms with Crippen LogP contribution in [0.2, 0.25) is 0 Å². The molecule has 1 N–H and O–H groups in total. The van der Waals surface area contributed by atoms with Crippen molar-refractivity contribution in [3.05, 3.63) is 107 Å². The Morgan fingerprint density at radius 1 is 0.862 bits per heavy atom. The van der Waals surface area contributed by atoms with Gasteiger partial charge in [0.1, 0.15) is 17.0 Å². The second kappa shape index (κ2) is 7.16. The van der Waals surface area contributed by atoms with Crippen molar-refractivity contribution < 1.29 is 0 Å². The van der Waals surface area contributed by atoms with Crippen molar-refractivity contribution in [3.8, 4) is 16.8 Å². The van der Waals surface area contributed by atoms with Crippen LogP contribution in [-0.4, -0.2) is 24.5 Å². The smallest absolute Gasteiger partial charge is 0.278 e. The zero-order chi connectivity index (χ0) is 19.6. The van der Waals surface area contributed by atoms with Gasteiger partial charge in [0.25, 0.3) is 5.56 Å². The third-order valence-electron chi connectivity index (χ3n) is 4.78. The number of nitrogens with one attached hydrogen (secondary N) is 1. The molecule has 2 aromatic carbocycles. The van der Waals surface area contributed by atoms with Gasteiger partial charge < -0.3 is 4.98 Å². The number of aromatic nitrogens is 5. The molecule has 6 nitrogen and oxygen atoms in total. The highest BCUT2D eigenvalue weighted by atomic mass is 16.1. The summed E-state index contributed by atoms with van der Waals surface area (Å²) in [5, 5.41) is 0. The molecular formula is C23H17N5O. The number of H-pyrrole nitrogens is 1. The molecule has 0 radical (unpaired) electrons. The molecule has 29 heavy (non-hydrogen) atoms. The van der Waals surface area contributed by atoms with Crippen LogP contribution in [0.5, 0.6) is 0 Å². The molecule has 5 aromatic rings. The second-order valence-corrected chi connectivity index (χ2v) is 6.67.